The first-order chi connectivity index (χ1) is 16.4. The van der Waals surface area contributed by atoms with Crippen molar-refractivity contribution in [2.45, 2.75) is 27.3 Å². The third-order valence-electron chi connectivity index (χ3n) is 5.62. The van der Waals surface area contributed by atoms with Crippen molar-refractivity contribution in [2.24, 2.45) is 0 Å². The number of aryl methyl sites for hydroxylation is 2. The van der Waals surface area contributed by atoms with Crippen molar-refractivity contribution in [3.63, 3.8) is 0 Å². The summed E-state index contributed by atoms with van der Waals surface area (Å²) in [6, 6.07) is 20.0. The Balaban J connectivity index is 1.55. The number of ether oxygens (including phenoxy) is 1. The van der Waals surface area contributed by atoms with Crippen LogP contribution in [0.2, 0.25) is 0 Å². The average molecular weight is 491 g/mol. The lowest BCUT2D eigenvalue weighted by atomic mass is 10.1. The fourth-order valence-electron chi connectivity index (χ4n) is 3.72. The van der Waals surface area contributed by atoms with E-state index < -0.39 is 5.97 Å². The van der Waals surface area contributed by atoms with Crippen molar-refractivity contribution in [1.29, 1.82) is 0 Å². The molecule has 4 aromatic rings. The lowest BCUT2D eigenvalue weighted by molar-refractivity contribution is 0.0602. The molecule has 0 aliphatic rings. The summed E-state index contributed by atoms with van der Waals surface area (Å²) in [5, 5.41) is 12.2. The van der Waals surface area contributed by atoms with Crippen LogP contribution < -0.4 is 10.6 Å². The van der Waals surface area contributed by atoms with E-state index in [0.29, 0.717) is 22.2 Å². The van der Waals surface area contributed by atoms with E-state index in [9.17, 15) is 4.79 Å². The molecule has 34 heavy (non-hydrogen) atoms. The minimum Gasteiger partial charge on any atom is -0.465 e. The van der Waals surface area contributed by atoms with Gasteiger partial charge in [-0.1, -0.05) is 54.6 Å². The first-order valence-electron chi connectivity index (χ1n) is 10.8. The van der Waals surface area contributed by atoms with Crippen LogP contribution in [0.1, 0.15) is 32.9 Å². The molecule has 4 rings (SSSR count). The molecule has 2 heterocycles. The van der Waals surface area contributed by atoms with E-state index in [-0.39, 0.29) is 0 Å². The second-order valence-electron chi connectivity index (χ2n) is 7.92. The molecule has 8 heteroatoms. The summed E-state index contributed by atoms with van der Waals surface area (Å²) < 4.78 is 6.96. The van der Waals surface area contributed by atoms with Gasteiger partial charge < -0.3 is 15.4 Å². The molecule has 0 spiro atoms. The molecular formula is C26H26N4O2S2. The summed E-state index contributed by atoms with van der Waals surface area (Å²) in [4.78, 5) is 13.3. The largest absolute Gasteiger partial charge is 0.465 e. The van der Waals surface area contributed by atoms with E-state index in [1.165, 1.54) is 29.6 Å². The molecule has 0 atom stereocenters. The molecule has 6 nitrogen and oxygen atoms in total. The third kappa shape index (κ3) is 5.03. The summed E-state index contributed by atoms with van der Waals surface area (Å²) in [6.07, 6.45) is 0. The highest BCUT2D eigenvalue weighted by Gasteiger charge is 2.20. The number of nitrogens with one attached hydrogen (secondary N) is 2. The summed E-state index contributed by atoms with van der Waals surface area (Å²) in [7, 11) is 1.37. The maximum atomic E-state index is 12.4. The van der Waals surface area contributed by atoms with Gasteiger partial charge in [0.25, 0.3) is 0 Å². The number of thiophene rings is 1. The van der Waals surface area contributed by atoms with Gasteiger partial charge >= 0.3 is 5.97 Å². The minimum atomic E-state index is -0.415. The molecule has 0 aliphatic heterocycles. The Hall–Kier alpha value is -3.49. The van der Waals surface area contributed by atoms with Gasteiger partial charge in [-0.3, -0.25) is 4.68 Å². The number of carbonyl (C=O) groups is 1. The molecule has 0 bridgehead atoms. The van der Waals surface area contributed by atoms with Gasteiger partial charge in [0.05, 0.1) is 36.3 Å². The van der Waals surface area contributed by atoms with Gasteiger partial charge in [-0.15, -0.1) is 11.3 Å². The molecule has 0 saturated carbocycles. The van der Waals surface area contributed by atoms with Gasteiger partial charge in [-0.2, -0.15) is 5.10 Å². The molecule has 2 aromatic carbocycles. The summed E-state index contributed by atoms with van der Waals surface area (Å²) in [5.74, 6) is -0.415. The monoisotopic (exact) mass is 490 g/mol. The van der Waals surface area contributed by atoms with Crippen LogP contribution in [-0.2, 0) is 11.3 Å². The predicted molar refractivity (Wildman–Crippen MR) is 143 cm³/mol. The van der Waals surface area contributed by atoms with Crippen molar-refractivity contribution in [3.05, 3.63) is 88.7 Å². The predicted octanol–water partition coefficient (Wildman–Crippen LogP) is 6.18. The van der Waals surface area contributed by atoms with Gasteiger partial charge in [0.15, 0.2) is 5.11 Å². The first kappa shape index (κ1) is 23.7. The number of methoxy groups -OCH3 is 1. The van der Waals surface area contributed by atoms with Crippen LogP contribution in [0, 0.1) is 20.8 Å². The maximum Gasteiger partial charge on any atom is 0.340 e. The zero-order chi connectivity index (χ0) is 24.2. The van der Waals surface area contributed by atoms with Crippen LogP contribution in [-0.4, -0.2) is 28.0 Å². The SMILES string of the molecule is COC(=O)c1cc(-c2ccccc2)sc1NC(=S)Nc1c(C)nn(Cc2ccccc2C)c1C. The molecular weight excluding hydrogens is 464 g/mol. The smallest absolute Gasteiger partial charge is 0.340 e. The number of rotatable bonds is 6. The van der Waals surface area contributed by atoms with Gasteiger partial charge in [0.1, 0.15) is 5.00 Å². The summed E-state index contributed by atoms with van der Waals surface area (Å²) in [5.41, 5.74) is 6.59. The normalized spacial score (nSPS) is 10.7. The Morgan fingerprint density at radius 1 is 1.06 bits per heavy atom. The molecule has 2 aromatic heterocycles. The van der Waals surface area contributed by atoms with Crippen LogP contribution in [0.3, 0.4) is 0 Å². The van der Waals surface area contributed by atoms with Gasteiger partial charge in [0.2, 0.25) is 0 Å². The van der Waals surface area contributed by atoms with Crippen molar-refractivity contribution in [3.8, 4) is 10.4 Å². The van der Waals surface area contributed by atoms with E-state index in [2.05, 4.69) is 29.7 Å². The van der Waals surface area contributed by atoms with Gasteiger partial charge in [0, 0.05) is 4.88 Å². The highest BCUT2D eigenvalue weighted by molar-refractivity contribution is 7.80. The highest BCUT2D eigenvalue weighted by Crippen LogP contribution is 2.36. The van der Waals surface area contributed by atoms with Crippen LogP contribution >= 0.6 is 23.6 Å². The highest BCUT2D eigenvalue weighted by atomic mass is 32.1. The standard InChI is InChI=1S/C26H26N4O2S2/c1-16-10-8-9-13-20(16)15-30-18(3)23(17(2)29-30)27-26(33)28-24-21(25(31)32-4)14-22(34-24)19-11-6-5-7-12-19/h5-14H,15H2,1-4H3,(H2,27,28,33). The summed E-state index contributed by atoms with van der Waals surface area (Å²) >= 11 is 7.05. The molecule has 0 aliphatic carbocycles. The molecule has 0 radical (unpaired) electrons. The van der Waals surface area contributed by atoms with E-state index in [4.69, 9.17) is 22.1 Å². The fourth-order valence-corrected chi connectivity index (χ4v) is 5.04. The number of thiocarbonyl (C=S) groups is 1. The van der Waals surface area contributed by atoms with E-state index in [0.717, 1.165) is 27.5 Å². The molecule has 0 amide bonds. The zero-order valence-corrected chi connectivity index (χ0v) is 21.1. The van der Waals surface area contributed by atoms with Crippen LogP contribution in [0.4, 0.5) is 10.7 Å². The van der Waals surface area contributed by atoms with Gasteiger partial charge in [-0.25, -0.2) is 4.79 Å². The number of aromatic nitrogens is 2. The van der Waals surface area contributed by atoms with E-state index in [1.807, 2.05) is 67.1 Å². The molecule has 2 N–H and O–H groups in total. The lowest BCUT2D eigenvalue weighted by Crippen LogP contribution is -2.20. The quantitative estimate of drug-likeness (QED) is 0.248. The Bertz CT molecular complexity index is 1340. The van der Waals surface area contributed by atoms with Crippen molar-refractivity contribution in [1.82, 2.24) is 9.78 Å². The Kier molecular flexibility index (Phi) is 7.09. The maximum absolute atomic E-state index is 12.4. The van der Waals surface area contributed by atoms with Crippen LogP contribution in [0.5, 0.6) is 0 Å². The van der Waals surface area contributed by atoms with Crippen molar-refractivity contribution < 1.29 is 9.53 Å². The first-order valence-corrected chi connectivity index (χ1v) is 12.0. The molecule has 0 unspecified atom stereocenters. The number of benzene rings is 2. The number of esters is 1. The topological polar surface area (TPSA) is 68.2 Å². The number of hydrogen-bond donors (Lipinski definition) is 2. The van der Waals surface area contributed by atoms with Crippen LogP contribution in [0.25, 0.3) is 10.4 Å². The summed E-state index contributed by atoms with van der Waals surface area (Å²) in [6.45, 7) is 6.74. The number of hydrogen-bond acceptors (Lipinski definition) is 5. The fraction of sp³-hybridized carbons (Fsp3) is 0.192. The molecule has 174 valence electrons. The second kappa shape index (κ2) is 10.2. The average Bonchev–Trinajstić information content (AvgIpc) is 3.37. The lowest BCUT2D eigenvalue weighted by Gasteiger charge is -2.11. The second-order valence-corrected chi connectivity index (χ2v) is 9.38. The van der Waals surface area contributed by atoms with E-state index in [1.54, 1.807) is 0 Å². The van der Waals surface area contributed by atoms with Gasteiger partial charge in [-0.05, 0) is 55.7 Å². The molecule has 0 fully saturated rings. The Morgan fingerprint density at radius 2 is 1.76 bits per heavy atom. The Labute approximate surface area is 208 Å². The Morgan fingerprint density at radius 3 is 2.47 bits per heavy atom. The third-order valence-corrected chi connectivity index (χ3v) is 6.93. The number of anilines is 2. The van der Waals surface area contributed by atoms with Crippen LogP contribution in [0.15, 0.2) is 60.7 Å². The van der Waals surface area contributed by atoms with E-state index >= 15 is 0 Å². The van der Waals surface area contributed by atoms with Crippen molar-refractivity contribution >= 4 is 45.3 Å². The molecule has 0 saturated heterocycles. The number of carbonyl (C=O) groups excluding carboxylic acids is 1. The minimum absolute atomic E-state index is 0.383. The number of nitrogens with zero attached hydrogens (tertiary/aromatic N) is 2. The zero-order valence-electron chi connectivity index (χ0n) is 19.5. The van der Waals surface area contributed by atoms with Crippen molar-refractivity contribution in [2.75, 3.05) is 17.7 Å².